The van der Waals surface area contributed by atoms with Crippen LogP contribution in [0.2, 0.25) is 5.02 Å². The van der Waals surface area contributed by atoms with E-state index in [4.69, 9.17) is 11.6 Å². The number of halogens is 1. The van der Waals surface area contributed by atoms with Gasteiger partial charge in [0, 0.05) is 35.2 Å². The topological polar surface area (TPSA) is 72.7 Å². The summed E-state index contributed by atoms with van der Waals surface area (Å²) in [4.78, 5) is 16.4. The summed E-state index contributed by atoms with van der Waals surface area (Å²) < 4.78 is 1.97. The van der Waals surface area contributed by atoms with Gasteiger partial charge in [-0.3, -0.25) is 9.78 Å². The van der Waals surface area contributed by atoms with Gasteiger partial charge in [0.15, 0.2) is 11.0 Å². The maximum Gasteiger partial charge on any atom is 0.234 e. The van der Waals surface area contributed by atoms with Crippen molar-refractivity contribution >= 4 is 35.0 Å². The van der Waals surface area contributed by atoms with E-state index in [1.54, 1.807) is 18.5 Å². The first-order valence-electron chi connectivity index (χ1n) is 8.11. The molecule has 0 radical (unpaired) electrons. The average molecular weight is 388 g/mol. The second-order valence-corrected chi connectivity index (χ2v) is 6.89. The van der Waals surface area contributed by atoms with Crippen molar-refractivity contribution in [1.82, 2.24) is 19.7 Å². The third-order valence-electron chi connectivity index (χ3n) is 3.83. The molecule has 8 heteroatoms. The zero-order valence-corrected chi connectivity index (χ0v) is 16.0. The van der Waals surface area contributed by atoms with Crippen molar-refractivity contribution in [2.45, 2.75) is 25.5 Å². The van der Waals surface area contributed by atoms with Gasteiger partial charge in [-0.05, 0) is 43.7 Å². The lowest BCUT2D eigenvalue weighted by Crippen LogP contribution is -2.15. The predicted molar refractivity (Wildman–Crippen MR) is 104 cm³/mol. The Balaban J connectivity index is 1.69. The molecule has 1 aromatic carbocycles. The number of pyridine rings is 1. The zero-order chi connectivity index (χ0) is 18.5. The number of nitrogens with one attached hydrogen (secondary N) is 1. The fourth-order valence-corrected chi connectivity index (χ4v) is 3.43. The molecule has 0 saturated heterocycles. The zero-order valence-electron chi connectivity index (χ0n) is 14.4. The Hall–Kier alpha value is -2.38. The van der Waals surface area contributed by atoms with E-state index in [9.17, 15) is 4.79 Å². The first kappa shape index (κ1) is 18.4. The summed E-state index contributed by atoms with van der Waals surface area (Å²) in [5, 5.41) is 12.7. The Morgan fingerprint density at radius 3 is 2.85 bits per heavy atom. The van der Waals surface area contributed by atoms with E-state index in [-0.39, 0.29) is 11.7 Å². The largest absolute Gasteiger partial charge is 0.325 e. The van der Waals surface area contributed by atoms with E-state index < -0.39 is 0 Å². The molecule has 0 fully saturated rings. The Morgan fingerprint density at radius 2 is 2.12 bits per heavy atom. The molecule has 26 heavy (non-hydrogen) atoms. The van der Waals surface area contributed by atoms with Gasteiger partial charge in [0.2, 0.25) is 5.91 Å². The molecule has 6 nitrogen and oxygen atoms in total. The number of hydrogen-bond acceptors (Lipinski definition) is 5. The monoisotopic (exact) mass is 387 g/mol. The van der Waals surface area contributed by atoms with Gasteiger partial charge in [-0.1, -0.05) is 29.4 Å². The van der Waals surface area contributed by atoms with Gasteiger partial charge >= 0.3 is 0 Å². The molecule has 0 aliphatic carbocycles. The second-order valence-electron chi connectivity index (χ2n) is 5.54. The van der Waals surface area contributed by atoms with Gasteiger partial charge in [0.25, 0.3) is 0 Å². The van der Waals surface area contributed by atoms with Gasteiger partial charge in [-0.2, -0.15) is 0 Å². The lowest BCUT2D eigenvalue weighted by Gasteiger charge is -2.10. The summed E-state index contributed by atoms with van der Waals surface area (Å²) in [6.45, 7) is 4.59. The highest BCUT2D eigenvalue weighted by atomic mass is 35.5. The minimum atomic E-state index is -0.117. The number of anilines is 1. The molecule has 2 aromatic heterocycles. The molecule has 0 aliphatic heterocycles. The number of aromatic nitrogens is 4. The molecule has 134 valence electrons. The normalized spacial score (nSPS) is 10.7. The van der Waals surface area contributed by atoms with Crippen LogP contribution in [0.15, 0.2) is 47.9 Å². The van der Waals surface area contributed by atoms with Gasteiger partial charge in [-0.15, -0.1) is 10.2 Å². The number of nitrogens with zero attached hydrogens (tertiary/aromatic N) is 4. The quantitative estimate of drug-likeness (QED) is 0.646. The van der Waals surface area contributed by atoms with Crippen LogP contribution in [0.5, 0.6) is 0 Å². The van der Waals surface area contributed by atoms with Crippen molar-refractivity contribution in [2.75, 3.05) is 11.1 Å². The van der Waals surface area contributed by atoms with E-state index in [0.717, 1.165) is 22.6 Å². The maximum atomic E-state index is 12.3. The third-order valence-corrected chi connectivity index (χ3v) is 5.20. The van der Waals surface area contributed by atoms with Crippen molar-refractivity contribution in [1.29, 1.82) is 0 Å². The number of thioether (sulfide) groups is 1. The molecule has 0 bridgehead atoms. The summed E-state index contributed by atoms with van der Waals surface area (Å²) >= 11 is 7.44. The van der Waals surface area contributed by atoms with Gasteiger partial charge < -0.3 is 9.88 Å². The maximum absolute atomic E-state index is 12.3. The van der Waals surface area contributed by atoms with Crippen LogP contribution in [0.25, 0.3) is 11.4 Å². The van der Waals surface area contributed by atoms with Crippen LogP contribution in [0, 0.1) is 6.92 Å². The molecule has 1 amide bonds. The first-order chi connectivity index (χ1) is 12.6. The molecule has 0 aliphatic rings. The second kappa shape index (κ2) is 8.33. The summed E-state index contributed by atoms with van der Waals surface area (Å²) in [6.07, 6.45) is 3.47. The average Bonchev–Trinajstić information content (AvgIpc) is 3.07. The SMILES string of the molecule is CCn1c(SCC(=O)Nc2cccc(Cl)c2C)nnc1-c1cccnc1. The van der Waals surface area contributed by atoms with Crippen LogP contribution in [0.1, 0.15) is 12.5 Å². The van der Waals surface area contributed by atoms with Crippen molar-refractivity contribution < 1.29 is 4.79 Å². The summed E-state index contributed by atoms with van der Waals surface area (Å²) in [6, 6.07) is 9.24. The number of hydrogen-bond donors (Lipinski definition) is 1. The van der Waals surface area contributed by atoms with Crippen molar-refractivity contribution in [3.05, 3.63) is 53.3 Å². The summed E-state index contributed by atoms with van der Waals surface area (Å²) in [5.74, 6) is 0.861. The van der Waals surface area contributed by atoms with Crippen LogP contribution in [-0.4, -0.2) is 31.4 Å². The van der Waals surface area contributed by atoms with Crippen molar-refractivity contribution in [2.24, 2.45) is 0 Å². The van der Waals surface area contributed by atoms with Crippen LogP contribution >= 0.6 is 23.4 Å². The highest BCUT2D eigenvalue weighted by Gasteiger charge is 2.15. The number of amides is 1. The summed E-state index contributed by atoms with van der Waals surface area (Å²) in [7, 11) is 0. The minimum absolute atomic E-state index is 0.117. The number of carbonyl (C=O) groups excluding carboxylic acids is 1. The van der Waals surface area contributed by atoms with Gasteiger partial charge in [0.1, 0.15) is 0 Å². The Labute approximate surface area is 161 Å². The van der Waals surface area contributed by atoms with Crippen LogP contribution < -0.4 is 5.32 Å². The first-order valence-corrected chi connectivity index (χ1v) is 9.48. The van der Waals surface area contributed by atoms with Crippen molar-refractivity contribution in [3.8, 4) is 11.4 Å². The summed E-state index contributed by atoms with van der Waals surface area (Å²) in [5.41, 5.74) is 2.46. The molecule has 2 heterocycles. The molecule has 3 rings (SSSR count). The van der Waals surface area contributed by atoms with Gasteiger partial charge in [-0.25, -0.2) is 0 Å². The molecule has 1 N–H and O–H groups in total. The standard InChI is InChI=1S/C18H18ClN5OS/c1-3-24-17(13-6-5-9-20-10-13)22-23-18(24)26-11-16(25)21-15-8-4-7-14(19)12(15)2/h4-10H,3,11H2,1-2H3,(H,21,25). The fraction of sp³-hybridized carbons (Fsp3) is 0.222. The highest BCUT2D eigenvalue weighted by molar-refractivity contribution is 7.99. The molecule has 3 aromatic rings. The van der Waals surface area contributed by atoms with E-state index in [0.29, 0.717) is 16.7 Å². The van der Waals surface area contributed by atoms with Crippen molar-refractivity contribution in [3.63, 3.8) is 0 Å². The third kappa shape index (κ3) is 4.05. The fourth-order valence-electron chi connectivity index (χ4n) is 2.45. The Kier molecular flexibility index (Phi) is 5.90. The molecule has 0 atom stereocenters. The predicted octanol–water partition coefficient (Wildman–Crippen LogP) is 4.05. The Morgan fingerprint density at radius 1 is 1.27 bits per heavy atom. The van der Waals surface area contributed by atoms with Gasteiger partial charge in [0.05, 0.1) is 5.75 Å². The number of carbonyl (C=O) groups is 1. The van der Waals surface area contributed by atoms with E-state index in [2.05, 4.69) is 20.5 Å². The Bertz CT molecular complexity index is 913. The molecule has 0 saturated carbocycles. The van der Waals surface area contributed by atoms with E-state index in [1.807, 2.05) is 42.7 Å². The highest BCUT2D eigenvalue weighted by Crippen LogP contribution is 2.25. The van der Waals surface area contributed by atoms with Crippen LogP contribution in [-0.2, 0) is 11.3 Å². The number of benzene rings is 1. The van der Waals surface area contributed by atoms with E-state index >= 15 is 0 Å². The lowest BCUT2D eigenvalue weighted by molar-refractivity contribution is -0.113. The molecular formula is C18H18ClN5OS. The molecule has 0 unspecified atom stereocenters. The van der Waals surface area contributed by atoms with E-state index in [1.165, 1.54) is 11.8 Å². The minimum Gasteiger partial charge on any atom is -0.325 e. The number of rotatable bonds is 6. The van der Waals surface area contributed by atoms with Crippen LogP contribution in [0.4, 0.5) is 5.69 Å². The molecular weight excluding hydrogens is 370 g/mol. The lowest BCUT2D eigenvalue weighted by atomic mass is 10.2. The molecule has 0 spiro atoms. The van der Waals surface area contributed by atoms with Crippen LogP contribution in [0.3, 0.4) is 0 Å². The smallest absolute Gasteiger partial charge is 0.234 e.